The van der Waals surface area contributed by atoms with Crippen molar-refractivity contribution in [2.45, 2.75) is 20.3 Å². The van der Waals surface area contributed by atoms with Gasteiger partial charge >= 0.3 is 0 Å². The second-order valence-corrected chi connectivity index (χ2v) is 5.76. The third kappa shape index (κ3) is 3.88. The maximum atomic E-state index is 12.3. The lowest BCUT2D eigenvalue weighted by Gasteiger charge is -2.10. The number of pyridine rings is 1. The zero-order chi connectivity index (χ0) is 15.6. The van der Waals surface area contributed by atoms with E-state index in [2.05, 4.69) is 10.3 Å². The van der Waals surface area contributed by atoms with E-state index in [0.29, 0.717) is 27.7 Å². The Morgan fingerprint density at radius 2 is 1.86 bits per heavy atom. The lowest BCUT2D eigenvalue weighted by Crippen LogP contribution is -2.13. The highest BCUT2D eigenvalue weighted by Gasteiger charge is 2.12. The lowest BCUT2D eigenvalue weighted by molar-refractivity contribution is 0.102. The number of anilines is 1. The highest BCUT2D eigenvalue weighted by Crippen LogP contribution is 2.29. The van der Waals surface area contributed by atoms with Crippen molar-refractivity contribution in [3.05, 3.63) is 56.3 Å². The highest BCUT2D eigenvalue weighted by atomic mass is 35.5. The highest BCUT2D eigenvalue weighted by molar-refractivity contribution is 6.36. The Kier molecular flexibility index (Phi) is 5.09. The van der Waals surface area contributed by atoms with Gasteiger partial charge < -0.3 is 5.32 Å². The number of carbonyl (C=O) groups is 1. The summed E-state index contributed by atoms with van der Waals surface area (Å²) in [5, 5.41) is 3.99. The van der Waals surface area contributed by atoms with Gasteiger partial charge in [-0.3, -0.25) is 4.79 Å². The van der Waals surface area contributed by atoms with Crippen LogP contribution in [0.15, 0.2) is 24.3 Å². The van der Waals surface area contributed by atoms with Gasteiger partial charge in [0, 0.05) is 16.3 Å². The van der Waals surface area contributed by atoms with Gasteiger partial charge in [0.05, 0.1) is 10.7 Å². The van der Waals surface area contributed by atoms with Gasteiger partial charge in [-0.05, 0) is 43.2 Å². The summed E-state index contributed by atoms with van der Waals surface area (Å²) in [5.41, 5.74) is 2.49. The van der Waals surface area contributed by atoms with Crippen molar-refractivity contribution in [2.24, 2.45) is 0 Å². The quantitative estimate of drug-likeness (QED) is 0.782. The van der Waals surface area contributed by atoms with Gasteiger partial charge in [-0.15, -0.1) is 0 Å². The number of nitrogens with one attached hydrogen (secondary N) is 1. The number of hydrogen-bond acceptors (Lipinski definition) is 2. The minimum absolute atomic E-state index is 0.285. The Bertz CT molecular complexity index is 702. The van der Waals surface area contributed by atoms with Crippen LogP contribution in [0.2, 0.25) is 15.2 Å². The number of rotatable bonds is 3. The molecule has 0 spiro atoms. The molecule has 1 aromatic carbocycles. The van der Waals surface area contributed by atoms with E-state index in [4.69, 9.17) is 34.8 Å². The molecule has 0 fully saturated rings. The van der Waals surface area contributed by atoms with Gasteiger partial charge in [0.1, 0.15) is 5.15 Å². The molecular weight excluding hydrogens is 331 g/mol. The van der Waals surface area contributed by atoms with Crippen LogP contribution in [-0.4, -0.2) is 10.9 Å². The van der Waals surface area contributed by atoms with Crippen LogP contribution < -0.4 is 5.32 Å². The molecule has 1 heterocycles. The normalized spacial score (nSPS) is 10.5. The summed E-state index contributed by atoms with van der Waals surface area (Å²) in [5.74, 6) is -0.309. The van der Waals surface area contributed by atoms with Crippen molar-refractivity contribution >= 4 is 46.4 Å². The monoisotopic (exact) mass is 342 g/mol. The molecule has 21 heavy (non-hydrogen) atoms. The Morgan fingerprint density at radius 1 is 1.14 bits per heavy atom. The summed E-state index contributed by atoms with van der Waals surface area (Å²) in [4.78, 5) is 16.4. The first-order chi connectivity index (χ1) is 9.90. The molecule has 0 atom stereocenters. The summed E-state index contributed by atoms with van der Waals surface area (Å²) in [6, 6.07) is 6.54. The van der Waals surface area contributed by atoms with E-state index in [-0.39, 0.29) is 11.1 Å². The van der Waals surface area contributed by atoms with Gasteiger partial charge in [-0.1, -0.05) is 41.7 Å². The molecule has 0 saturated heterocycles. The molecule has 0 unspecified atom stereocenters. The molecular formula is C15H13Cl3N2O. The van der Waals surface area contributed by atoms with Crippen LogP contribution in [-0.2, 0) is 6.42 Å². The number of nitrogens with zero attached hydrogens (tertiary/aromatic N) is 1. The Balaban J connectivity index is 2.30. The predicted molar refractivity (Wildman–Crippen MR) is 87.8 cm³/mol. The predicted octanol–water partition coefficient (Wildman–Crippen LogP) is 5.16. The summed E-state index contributed by atoms with van der Waals surface area (Å²) in [6.07, 6.45) is 0.692. The van der Waals surface area contributed by atoms with Gasteiger partial charge in [0.15, 0.2) is 0 Å². The molecule has 0 radical (unpaired) electrons. The van der Waals surface area contributed by atoms with E-state index in [0.717, 1.165) is 11.3 Å². The number of halogens is 3. The fourth-order valence-corrected chi connectivity index (χ4v) is 2.46. The van der Waals surface area contributed by atoms with Crippen LogP contribution >= 0.6 is 34.8 Å². The van der Waals surface area contributed by atoms with E-state index in [1.165, 1.54) is 6.07 Å². The first kappa shape index (κ1) is 16.1. The number of aromatic nitrogens is 1. The Hall–Kier alpha value is -1.29. The molecule has 3 nitrogen and oxygen atoms in total. The zero-order valence-electron chi connectivity index (χ0n) is 11.5. The third-order valence-corrected chi connectivity index (χ3v) is 3.88. The van der Waals surface area contributed by atoms with Crippen molar-refractivity contribution < 1.29 is 4.79 Å². The van der Waals surface area contributed by atoms with Crippen LogP contribution in [0, 0.1) is 6.92 Å². The second-order valence-electron chi connectivity index (χ2n) is 4.56. The Labute approximate surface area is 138 Å². The maximum absolute atomic E-state index is 12.3. The molecule has 0 bridgehead atoms. The molecule has 0 aliphatic carbocycles. The molecule has 2 rings (SSSR count). The molecule has 110 valence electrons. The van der Waals surface area contributed by atoms with Gasteiger partial charge in [-0.25, -0.2) is 4.98 Å². The summed E-state index contributed by atoms with van der Waals surface area (Å²) in [7, 11) is 0. The summed E-state index contributed by atoms with van der Waals surface area (Å²) < 4.78 is 0. The number of amides is 1. The Morgan fingerprint density at radius 3 is 2.52 bits per heavy atom. The minimum atomic E-state index is -0.309. The number of carbonyl (C=O) groups excluding carboxylic acids is 1. The molecule has 0 aliphatic rings. The standard InChI is InChI=1S/C15H13Cl3N2O/c1-3-10-5-9(6-14(18)19-10)15(21)20-13-7-11(16)8(2)4-12(13)17/h4-7H,3H2,1-2H3,(H,20,21). The first-order valence-electron chi connectivity index (χ1n) is 6.34. The number of aryl methyl sites for hydroxylation is 2. The van der Waals surface area contributed by atoms with Crippen LogP contribution in [0.3, 0.4) is 0 Å². The van der Waals surface area contributed by atoms with E-state index in [9.17, 15) is 4.79 Å². The summed E-state index contributed by atoms with van der Waals surface area (Å²) in [6.45, 7) is 3.78. The van der Waals surface area contributed by atoms with E-state index >= 15 is 0 Å². The lowest BCUT2D eigenvalue weighted by atomic mass is 10.1. The number of benzene rings is 1. The first-order valence-corrected chi connectivity index (χ1v) is 7.47. The second kappa shape index (κ2) is 6.65. The van der Waals surface area contributed by atoms with Gasteiger partial charge in [0.25, 0.3) is 5.91 Å². The van der Waals surface area contributed by atoms with Crippen molar-refractivity contribution in [1.82, 2.24) is 4.98 Å². The largest absolute Gasteiger partial charge is 0.321 e. The average molecular weight is 344 g/mol. The number of hydrogen-bond donors (Lipinski definition) is 1. The topological polar surface area (TPSA) is 42.0 Å². The molecule has 6 heteroatoms. The van der Waals surface area contributed by atoms with Crippen LogP contribution in [0.5, 0.6) is 0 Å². The molecule has 1 aromatic heterocycles. The van der Waals surface area contributed by atoms with Crippen LogP contribution in [0.1, 0.15) is 28.5 Å². The zero-order valence-corrected chi connectivity index (χ0v) is 13.8. The fourth-order valence-electron chi connectivity index (χ4n) is 1.80. The van der Waals surface area contributed by atoms with Crippen molar-refractivity contribution in [1.29, 1.82) is 0 Å². The summed E-state index contributed by atoms with van der Waals surface area (Å²) >= 11 is 18.1. The van der Waals surface area contributed by atoms with Crippen LogP contribution in [0.25, 0.3) is 0 Å². The van der Waals surface area contributed by atoms with E-state index < -0.39 is 0 Å². The molecule has 1 amide bonds. The van der Waals surface area contributed by atoms with Crippen molar-refractivity contribution in [3.8, 4) is 0 Å². The van der Waals surface area contributed by atoms with Crippen molar-refractivity contribution in [3.63, 3.8) is 0 Å². The smallest absolute Gasteiger partial charge is 0.255 e. The van der Waals surface area contributed by atoms with E-state index in [1.807, 2.05) is 13.8 Å². The molecule has 2 aromatic rings. The SMILES string of the molecule is CCc1cc(C(=O)Nc2cc(Cl)c(C)cc2Cl)cc(Cl)n1. The molecule has 0 aliphatic heterocycles. The molecule has 0 saturated carbocycles. The average Bonchev–Trinajstić information content (AvgIpc) is 2.43. The van der Waals surface area contributed by atoms with Gasteiger partial charge in [-0.2, -0.15) is 0 Å². The maximum Gasteiger partial charge on any atom is 0.255 e. The van der Waals surface area contributed by atoms with Crippen LogP contribution in [0.4, 0.5) is 5.69 Å². The van der Waals surface area contributed by atoms with Gasteiger partial charge in [0.2, 0.25) is 0 Å². The van der Waals surface area contributed by atoms with E-state index in [1.54, 1.807) is 18.2 Å². The fraction of sp³-hybridized carbons (Fsp3) is 0.200. The molecule has 1 N–H and O–H groups in total. The van der Waals surface area contributed by atoms with Crippen molar-refractivity contribution in [2.75, 3.05) is 5.32 Å². The third-order valence-electron chi connectivity index (χ3n) is 2.97. The minimum Gasteiger partial charge on any atom is -0.321 e.